The third kappa shape index (κ3) is 2.54. The Morgan fingerprint density at radius 1 is 1.50 bits per heavy atom. The standard InChI is InChI=1S/C10H9N3O2S/c14-10(15)7-1-2-11-9(3-7)12-4-8-5-16-6-13-8/h1-3,5-6H,4H2,(H,11,12)(H,14,15). The highest BCUT2D eigenvalue weighted by Crippen LogP contribution is 2.09. The molecular formula is C10H9N3O2S. The molecule has 0 atom stereocenters. The van der Waals surface area contributed by atoms with E-state index in [-0.39, 0.29) is 5.56 Å². The van der Waals surface area contributed by atoms with Crippen molar-refractivity contribution >= 4 is 23.1 Å². The molecule has 0 saturated carbocycles. The van der Waals surface area contributed by atoms with E-state index in [1.165, 1.54) is 29.7 Å². The molecule has 0 aromatic carbocycles. The molecule has 0 amide bonds. The summed E-state index contributed by atoms with van der Waals surface area (Å²) in [4.78, 5) is 18.8. The smallest absolute Gasteiger partial charge is 0.335 e. The highest BCUT2D eigenvalue weighted by Gasteiger charge is 2.04. The minimum atomic E-state index is -0.959. The molecule has 0 aliphatic rings. The van der Waals surface area contributed by atoms with Crippen molar-refractivity contribution in [2.75, 3.05) is 5.32 Å². The van der Waals surface area contributed by atoms with Gasteiger partial charge in [0, 0.05) is 11.6 Å². The first-order valence-electron chi connectivity index (χ1n) is 4.56. The lowest BCUT2D eigenvalue weighted by Crippen LogP contribution is -2.03. The lowest BCUT2D eigenvalue weighted by molar-refractivity contribution is 0.0697. The van der Waals surface area contributed by atoms with E-state index in [1.807, 2.05) is 5.38 Å². The Morgan fingerprint density at radius 3 is 3.06 bits per heavy atom. The van der Waals surface area contributed by atoms with Gasteiger partial charge in [-0.05, 0) is 12.1 Å². The van der Waals surface area contributed by atoms with Crippen molar-refractivity contribution in [1.29, 1.82) is 0 Å². The predicted octanol–water partition coefficient (Wildman–Crippen LogP) is 1.85. The maximum Gasteiger partial charge on any atom is 0.335 e. The summed E-state index contributed by atoms with van der Waals surface area (Å²) in [6.45, 7) is 0.541. The Balaban J connectivity index is 2.04. The molecule has 0 spiro atoms. The van der Waals surface area contributed by atoms with Gasteiger partial charge in [-0.25, -0.2) is 14.8 Å². The molecule has 0 unspecified atom stereocenters. The second-order valence-corrected chi connectivity index (χ2v) is 3.79. The summed E-state index contributed by atoms with van der Waals surface area (Å²) in [5.74, 6) is -0.424. The minimum Gasteiger partial charge on any atom is -0.478 e. The molecule has 16 heavy (non-hydrogen) atoms. The summed E-state index contributed by atoms with van der Waals surface area (Å²) in [5, 5.41) is 13.7. The number of pyridine rings is 1. The topological polar surface area (TPSA) is 75.1 Å². The van der Waals surface area contributed by atoms with Crippen LogP contribution in [0.5, 0.6) is 0 Å². The average Bonchev–Trinajstić information content (AvgIpc) is 2.79. The number of hydrogen-bond donors (Lipinski definition) is 2. The van der Waals surface area contributed by atoms with E-state index in [4.69, 9.17) is 5.11 Å². The summed E-state index contributed by atoms with van der Waals surface area (Å²) >= 11 is 1.52. The fraction of sp³-hybridized carbons (Fsp3) is 0.100. The number of nitrogens with one attached hydrogen (secondary N) is 1. The van der Waals surface area contributed by atoms with Crippen LogP contribution < -0.4 is 5.32 Å². The largest absolute Gasteiger partial charge is 0.478 e. The molecule has 2 aromatic rings. The van der Waals surface area contributed by atoms with Crippen molar-refractivity contribution in [2.45, 2.75) is 6.54 Å². The average molecular weight is 235 g/mol. The molecular weight excluding hydrogens is 226 g/mol. The second kappa shape index (κ2) is 4.71. The maximum absolute atomic E-state index is 10.7. The number of nitrogens with zero attached hydrogens (tertiary/aromatic N) is 2. The first-order chi connectivity index (χ1) is 7.75. The van der Waals surface area contributed by atoms with Gasteiger partial charge >= 0.3 is 5.97 Å². The van der Waals surface area contributed by atoms with Gasteiger partial charge < -0.3 is 10.4 Å². The SMILES string of the molecule is O=C(O)c1ccnc(NCc2cscn2)c1. The van der Waals surface area contributed by atoms with Crippen LogP contribution in [0, 0.1) is 0 Å². The zero-order valence-electron chi connectivity index (χ0n) is 8.25. The molecule has 0 saturated heterocycles. The molecule has 0 fully saturated rings. The van der Waals surface area contributed by atoms with Crippen molar-refractivity contribution in [3.05, 3.63) is 40.5 Å². The van der Waals surface area contributed by atoms with E-state index in [0.29, 0.717) is 12.4 Å². The van der Waals surface area contributed by atoms with Crippen molar-refractivity contribution in [3.63, 3.8) is 0 Å². The molecule has 2 rings (SSSR count). The molecule has 0 radical (unpaired) electrons. The van der Waals surface area contributed by atoms with Crippen molar-refractivity contribution in [2.24, 2.45) is 0 Å². The molecule has 2 N–H and O–H groups in total. The van der Waals surface area contributed by atoms with Gasteiger partial charge in [-0.3, -0.25) is 0 Å². The monoisotopic (exact) mass is 235 g/mol. The van der Waals surface area contributed by atoms with Gasteiger partial charge in [-0.1, -0.05) is 0 Å². The number of rotatable bonds is 4. The Morgan fingerprint density at radius 2 is 2.38 bits per heavy atom. The zero-order chi connectivity index (χ0) is 11.4. The zero-order valence-corrected chi connectivity index (χ0v) is 9.07. The van der Waals surface area contributed by atoms with Crippen LogP contribution in [0.15, 0.2) is 29.2 Å². The van der Waals surface area contributed by atoms with Crippen LogP contribution in [-0.4, -0.2) is 21.0 Å². The number of hydrogen-bond acceptors (Lipinski definition) is 5. The maximum atomic E-state index is 10.7. The van der Waals surface area contributed by atoms with E-state index in [2.05, 4.69) is 15.3 Å². The van der Waals surface area contributed by atoms with Crippen LogP contribution in [0.2, 0.25) is 0 Å². The number of aromatic nitrogens is 2. The van der Waals surface area contributed by atoms with Crippen LogP contribution in [0.3, 0.4) is 0 Å². The van der Waals surface area contributed by atoms with Crippen molar-refractivity contribution < 1.29 is 9.90 Å². The van der Waals surface area contributed by atoms with Crippen molar-refractivity contribution in [1.82, 2.24) is 9.97 Å². The summed E-state index contributed by atoms with van der Waals surface area (Å²) in [7, 11) is 0. The highest BCUT2D eigenvalue weighted by atomic mass is 32.1. The molecule has 2 heterocycles. The lowest BCUT2D eigenvalue weighted by Gasteiger charge is -2.03. The summed E-state index contributed by atoms with van der Waals surface area (Å²) < 4.78 is 0. The number of thiazole rings is 1. The van der Waals surface area contributed by atoms with E-state index in [1.54, 1.807) is 5.51 Å². The lowest BCUT2D eigenvalue weighted by atomic mass is 10.2. The molecule has 6 heteroatoms. The van der Waals surface area contributed by atoms with Gasteiger partial charge in [0.2, 0.25) is 0 Å². The predicted molar refractivity (Wildman–Crippen MR) is 60.6 cm³/mol. The van der Waals surface area contributed by atoms with E-state index in [0.717, 1.165) is 5.69 Å². The van der Waals surface area contributed by atoms with Gasteiger partial charge in [-0.15, -0.1) is 11.3 Å². The first-order valence-corrected chi connectivity index (χ1v) is 5.50. The second-order valence-electron chi connectivity index (χ2n) is 3.07. The molecule has 82 valence electrons. The van der Waals surface area contributed by atoms with Crippen molar-refractivity contribution in [3.8, 4) is 0 Å². The molecule has 0 aliphatic carbocycles. The fourth-order valence-corrected chi connectivity index (χ4v) is 1.72. The number of carboxylic acid groups (broad SMARTS) is 1. The van der Waals surface area contributed by atoms with Gasteiger partial charge in [0.1, 0.15) is 5.82 Å². The van der Waals surface area contributed by atoms with Crippen LogP contribution in [0.4, 0.5) is 5.82 Å². The highest BCUT2D eigenvalue weighted by molar-refractivity contribution is 7.07. The third-order valence-corrected chi connectivity index (χ3v) is 2.58. The van der Waals surface area contributed by atoms with E-state index < -0.39 is 5.97 Å². The Hall–Kier alpha value is -1.95. The Kier molecular flexibility index (Phi) is 3.11. The van der Waals surface area contributed by atoms with Crippen LogP contribution in [0.25, 0.3) is 0 Å². The summed E-state index contributed by atoms with van der Waals surface area (Å²) in [6.07, 6.45) is 1.47. The number of anilines is 1. The van der Waals surface area contributed by atoms with E-state index >= 15 is 0 Å². The minimum absolute atomic E-state index is 0.218. The fourth-order valence-electron chi connectivity index (χ4n) is 1.17. The van der Waals surface area contributed by atoms with Crippen LogP contribution in [0.1, 0.15) is 16.1 Å². The number of carbonyl (C=O) groups is 1. The number of carboxylic acids is 1. The third-order valence-electron chi connectivity index (χ3n) is 1.94. The Labute approximate surface area is 95.8 Å². The number of aromatic carboxylic acids is 1. The summed E-state index contributed by atoms with van der Waals surface area (Å²) in [6, 6.07) is 2.95. The van der Waals surface area contributed by atoms with Gasteiger partial charge in [0.15, 0.2) is 0 Å². The van der Waals surface area contributed by atoms with E-state index in [9.17, 15) is 4.79 Å². The molecule has 0 bridgehead atoms. The summed E-state index contributed by atoms with van der Waals surface area (Å²) in [5.41, 5.74) is 2.88. The first kappa shape index (κ1) is 10.6. The molecule has 5 nitrogen and oxygen atoms in total. The van der Waals surface area contributed by atoms with Gasteiger partial charge in [0.25, 0.3) is 0 Å². The van der Waals surface area contributed by atoms with Crippen LogP contribution >= 0.6 is 11.3 Å². The molecule has 2 aromatic heterocycles. The van der Waals surface area contributed by atoms with Crippen LogP contribution in [-0.2, 0) is 6.54 Å². The quantitative estimate of drug-likeness (QED) is 0.845. The normalized spacial score (nSPS) is 10.0. The van der Waals surface area contributed by atoms with Gasteiger partial charge in [-0.2, -0.15) is 0 Å². The van der Waals surface area contributed by atoms with Gasteiger partial charge in [0.05, 0.1) is 23.3 Å². The Bertz CT molecular complexity index is 485. The molecule has 0 aliphatic heterocycles.